The lowest BCUT2D eigenvalue weighted by atomic mass is 10.3. The highest BCUT2D eigenvalue weighted by Gasteiger charge is 2.06. The molecule has 0 aliphatic heterocycles. The Morgan fingerprint density at radius 1 is 1.12 bits per heavy atom. The highest BCUT2D eigenvalue weighted by Crippen LogP contribution is 2.20. The molecule has 0 saturated carbocycles. The smallest absolute Gasteiger partial charge is 0.319 e. The topological polar surface area (TPSA) is 92.4 Å². The summed E-state index contributed by atoms with van der Waals surface area (Å²) in [6.07, 6.45) is 2.24. The van der Waals surface area contributed by atoms with E-state index < -0.39 is 6.03 Å². The number of amides is 3. The van der Waals surface area contributed by atoms with Gasteiger partial charge in [0, 0.05) is 12.6 Å². The number of hydrogen-bond acceptors (Lipinski definition) is 4. The molecule has 0 aliphatic carbocycles. The van der Waals surface area contributed by atoms with Gasteiger partial charge in [0.25, 0.3) is 0 Å². The summed E-state index contributed by atoms with van der Waals surface area (Å²) in [5.74, 6) is 0.148. The van der Waals surface area contributed by atoms with Gasteiger partial charge in [-0.25, -0.2) is 14.2 Å². The molecule has 0 aliphatic rings. The normalized spacial score (nSPS) is 10.0. The molecule has 0 radical (unpaired) electrons. The number of nitrogens with one attached hydrogen (secondary N) is 3. The Morgan fingerprint density at radius 2 is 1.88 bits per heavy atom. The van der Waals surface area contributed by atoms with Crippen LogP contribution in [0.4, 0.5) is 14.9 Å². The van der Waals surface area contributed by atoms with Crippen LogP contribution in [0.3, 0.4) is 0 Å². The number of pyridine rings is 1. The number of nitrogens with zero attached hydrogens (tertiary/aromatic N) is 1. The van der Waals surface area contributed by atoms with Gasteiger partial charge in [-0.2, -0.15) is 0 Å². The van der Waals surface area contributed by atoms with Crippen LogP contribution in [0.15, 0.2) is 42.6 Å². The monoisotopic (exact) mass is 346 g/mol. The number of aromatic nitrogens is 1. The van der Waals surface area contributed by atoms with Crippen molar-refractivity contribution in [3.8, 4) is 11.6 Å². The van der Waals surface area contributed by atoms with Crippen molar-refractivity contribution >= 4 is 17.6 Å². The molecule has 25 heavy (non-hydrogen) atoms. The molecule has 1 heterocycles. The number of ether oxygens (including phenoxy) is 1. The summed E-state index contributed by atoms with van der Waals surface area (Å²) in [6, 6.07) is 8.19. The highest BCUT2D eigenvalue weighted by atomic mass is 19.1. The first-order valence-electron chi connectivity index (χ1n) is 7.78. The summed E-state index contributed by atoms with van der Waals surface area (Å²) in [4.78, 5) is 27.1. The molecule has 2 rings (SSSR count). The molecule has 0 saturated heterocycles. The Hall–Kier alpha value is -3.16. The Labute approximate surface area is 144 Å². The molecule has 1 aromatic heterocycles. The summed E-state index contributed by atoms with van der Waals surface area (Å²) in [7, 11) is 0. The first-order chi connectivity index (χ1) is 12.1. The van der Waals surface area contributed by atoms with Crippen molar-refractivity contribution in [3.63, 3.8) is 0 Å². The first kappa shape index (κ1) is 18.2. The molecule has 0 spiro atoms. The fourth-order valence-electron chi connectivity index (χ4n) is 1.80. The van der Waals surface area contributed by atoms with E-state index in [4.69, 9.17) is 4.74 Å². The summed E-state index contributed by atoms with van der Waals surface area (Å²) >= 11 is 0. The summed E-state index contributed by atoms with van der Waals surface area (Å²) in [6.45, 7) is 2.41. The zero-order valence-electron chi connectivity index (χ0n) is 13.7. The molecule has 8 heteroatoms. The van der Waals surface area contributed by atoms with E-state index in [-0.39, 0.29) is 18.3 Å². The lowest BCUT2D eigenvalue weighted by Gasteiger charge is -2.09. The van der Waals surface area contributed by atoms with Gasteiger partial charge in [0.15, 0.2) is 0 Å². The number of benzene rings is 1. The molecule has 0 atom stereocenters. The van der Waals surface area contributed by atoms with Gasteiger partial charge in [-0.05, 0) is 36.8 Å². The van der Waals surface area contributed by atoms with E-state index in [0.29, 0.717) is 23.9 Å². The lowest BCUT2D eigenvalue weighted by molar-refractivity contribution is -0.120. The first-order valence-corrected chi connectivity index (χ1v) is 7.78. The molecule has 3 amide bonds. The van der Waals surface area contributed by atoms with Crippen LogP contribution >= 0.6 is 0 Å². The van der Waals surface area contributed by atoms with Crippen molar-refractivity contribution in [2.24, 2.45) is 0 Å². The van der Waals surface area contributed by atoms with Crippen molar-refractivity contribution in [3.05, 3.63) is 48.4 Å². The Morgan fingerprint density at radius 3 is 2.52 bits per heavy atom. The van der Waals surface area contributed by atoms with E-state index in [1.165, 1.54) is 30.5 Å². The predicted molar refractivity (Wildman–Crippen MR) is 91.0 cm³/mol. The van der Waals surface area contributed by atoms with E-state index in [1.807, 2.05) is 6.92 Å². The molecule has 0 bridgehead atoms. The Bertz CT molecular complexity index is 705. The van der Waals surface area contributed by atoms with Gasteiger partial charge in [0.05, 0.1) is 18.4 Å². The number of carbonyl (C=O) groups excluding carboxylic acids is 2. The number of rotatable bonds is 7. The summed E-state index contributed by atoms with van der Waals surface area (Å²) < 4.78 is 18.3. The minimum absolute atomic E-state index is 0.106. The summed E-state index contributed by atoms with van der Waals surface area (Å²) in [5.41, 5.74) is 0.443. The zero-order valence-corrected chi connectivity index (χ0v) is 13.7. The maximum absolute atomic E-state index is 12.8. The van der Waals surface area contributed by atoms with E-state index in [0.717, 1.165) is 6.42 Å². The van der Waals surface area contributed by atoms with Crippen LogP contribution in [0.2, 0.25) is 0 Å². The van der Waals surface area contributed by atoms with Gasteiger partial charge in [-0.1, -0.05) is 6.92 Å². The van der Waals surface area contributed by atoms with Crippen molar-refractivity contribution in [1.29, 1.82) is 0 Å². The van der Waals surface area contributed by atoms with Crippen LogP contribution in [0.5, 0.6) is 11.6 Å². The number of urea groups is 1. The average molecular weight is 346 g/mol. The molecule has 1 aromatic carbocycles. The third-order valence-corrected chi connectivity index (χ3v) is 3.01. The van der Waals surface area contributed by atoms with Crippen LogP contribution in [-0.4, -0.2) is 30.0 Å². The SMILES string of the molecule is CCCNC(=O)CNC(=O)Nc1ccc(Oc2ccc(F)cc2)nc1. The van der Waals surface area contributed by atoms with Crippen molar-refractivity contribution in [2.75, 3.05) is 18.4 Å². The van der Waals surface area contributed by atoms with Crippen molar-refractivity contribution in [2.45, 2.75) is 13.3 Å². The number of hydrogen-bond donors (Lipinski definition) is 3. The lowest BCUT2D eigenvalue weighted by Crippen LogP contribution is -2.39. The minimum Gasteiger partial charge on any atom is -0.439 e. The van der Waals surface area contributed by atoms with Gasteiger partial charge >= 0.3 is 6.03 Å². The number of carbonyl (C=O) groups is 2. The standard InChI is InChI=1S/C17H19FN4O3/c1-2-9-19-15(23)11-21-17(24)22-13-5-8-16(20-10-13)25-14-6-3-12(18)4-7-14/h3-8,10H,2,9,11H2,1H3,(H,19,23)(H2,21,22,24). The molecule has 0 unspecified atom stereocenters. The molecular weight excluding hydrogens is 327 g/mol. The third kappa shape index (κ3) is 6.46. The molecule has 3 N–H and O–H groups in total. The van der Waals surface area contributed by atoms with E-state index >= 15 is 0 Å². The van der Waals surface area contributed by atoms with Gasteiger partial charge < -0.3 is 20.7 Å². The second kappa shape index (κ2) is 9.21. The average Bonchev–Trinajstić information content (AvgIpc) is 2.62. The van der Waals surface area contributed by atoms with Crippen LogP contribution in [-0.2, 0) is 4.79 Å². The number of halogens is 1. The minimum atomic E-state index is -0.513. The van der Waals surface area contributed by atoms with Gasteiger partial charge in [0.1, 0.15) is 11.6 Å². The Kier molecular flexibility index (Phi) is 6.70. The predicted octanol–water partition coefficient (Wildman–Crippen LogP) is 2.66. The second-order valence-electron chi connectivity index (χ2n) is 5.10. The Balaban J connectivity index is 1.80. The molecule has 2 aromatic rings. The van der Waals surface area contributed by atoms with Gasteiger partial charge in [-0.15, -0.1) is 0 Å². The van der Waals surface area contributed by atoms with Gasteiger partial charge in [-0.3, -0.25) is 4.79 Å². The molecule has 7 nitrogen and oxygen atoms in total. The molecular formula is C17H19FN4O3. The third-order valence-electron chi connectivity index (χ3n) is 3.01. The van der Waals surface area contributed by atoms with E-state index in [1.54, 1.807) is 12.1 Å². The van der Waals surface area contributed by atoms with Crippen molar-refractivity contribution in [1.82, 2.24) is 15.6 Å². The fraction of sp³-hybridized carbons (Fsp3) is 0.235. The number of anilines is 1. The van der Waals surface area contributed by atoms with E-state index in [2.05, 4.69) is 20.9 Å². The van der Waals surface area contributed by atoms with Crippen molar-refractivity contribution < 1.29 is 18.7 Å². The van der Waals surface area contributed by atoms with Crippen LogP contribution in [0.25, 0.3) is 0 Å². The maximum atomic E-state index is 12.8. The fourth-order valence-corrected chi connectivity index (χ4v) is 1.80. The van der Waals surface area contributed by atoms with Gasteiger partial charge in [0.2, 0.25) is 11.8 Å². The van der Waals surface area contributed by atoms with Crippen LogP contribution in [0.1, 0.15) is 13.3 Å². The second-order valence-corrected chi connectivity index (χ2v) is 5.10. The maximum Gasteiger partial charge on any atom is 0.319 e. The molecule has 0 fully saturated rings. The van der Waals surface area contributed by atoms with E-state index in [9.17, 15) is 14.0 Å². The van der Waals surface area contributed by atoms with Crippen LogP contribution < -0.4 is 20.7 Å². The zero-order chi connectivity index (χ0) is 18.1. The quantitative estimate of drug-likeness (QED) is 0.719. The largest absolute Gasteiger partial charge is 0.439 e. The molecule has 132 valence electrons. The highest BCUT2D eigenvalue weighted by molar-refractivity contribution is 5.92. The van der Waals surface area contributed by atoms with Crippen LogP contribution in [0, 0.1) is 5.82 Å². The summed E-state index contributed by atoms with van der Waals surface area (Å²) in [5, 5.41) is 7.65.